The Bertz CT molecular complexity index is 281. The highest BCUT2D eigenvalue weighted by atomic mass is 16.5. The molecule has 0 bridgehead atoms. The molecule has 3 nitrogen and oxygen atoms in total. The lowest BCUT2D eigenvalue weighted by Crippen LogP contribution is -2.28. The molecule has 0 aromatic heterocycles. The standard InChI is InChI=1S/C10H13NO2/c1-2-13-10(12)9-6-7-4-3-5-8(7)11-9/h3-4,6-8,11H,2,5H2,1H3. The monoisotopic (exact) mass is 179 g/mol. The Labute approximate surface area is 77.5 Å². The maximum atomic E-state index is 11.3. The van der Waals surface area contributed by atoms with Gasteiger partial charge < -0.3 is 10.1 Å². The van der Waals surface area contributed by atoms with E-state index in [1.54, 1.807) is 0 Å². The molecule has 2 atom stereocenters. The van der Waals surface area contributed by atoms with Crippen LogP contribution in [0.15, 0.2) is 23.9 Å². The molecule has 0 aromatic rings. The smallest absolute Gasteiger partial charge is 0.354 e. The van der Waals surface area contributed by atoms with Crippen LogP contribution in [0.2, 0.25) is 0 Å². The summed E-state index contributed by atoms with van der Waals surface area (Å²) in [6, 6.07) is 0.388. The van der Waals surface area contributed by atoms with E-state index in [2.05, 4.69) is 17.5 Å². The molecule has 0 radical (unpaired) electrons. The zero-order chi connectivity index (χ0) is 9.26. The molecule has 1 heterocycles. The van der Waals surface area contributed by atoms with Crippen molar-refractivity contribution in [3.63, 3.8) is 0 Å². The van der Waals surface area contributed by atoms with Crippen molar-refractivity contribution in [1.29, 1.82) is 0 Å². The Balaban J connectivity index is 2.02. The first-order chi connectivity index (χ1) is 6.31. The second-order valence-electron chi connectivity index (χ2n) is 3.29. The zero-order valence-electron chi connectivity index (χ0n) is 7.62. The van der Waals surface area contributed by atoms with Crippen molar-refractivity contribution in [2.75, 3.05) is 6.61 Å². The number of hydrogen-bond acceptors (Lipinski definition) is 3. The fourth-order valence-corrected chi connectivity index (χ4v) is 1.78. The lowest BCUT2D eigenvalue weighted by molar-refractivity contribution is -0.138. The van der Waals surface area contributed by atoms with E-state index in [-0.39, 0.29) is 5.97 Å². The largest absolute Gasteiger partial charge is 0.461 e. The van der Waals surface area contributed by atoms with Gasteiger partial charge in [0.05, 0.1) is 6.61 Å². The van der Waals surface area contributed by atoms with Crippen LogP contribution in [0, 0.1) is 5.92 Å². The number of carbonyl (C=O) groups excluding carboxylic acids is 1. The van der Waals surface area contributed by atoms with Crippen molar-refractivity contribution < 1.29 is 9.53 Å². The van der Waals surface area contributed by atoms with E-state index in [1.165, 1.54) is 0 Å². The third-order valence-corrected chi connectivity index (χ3v) is 2.41. The van der Waals surface area contributed by atoms with Gasteiger partial charge in [0.15, 0.2) is 0 Å². The predicted octanol–water partition coefficient (Wildman–Crippen LogP) is 0.981. The van der Waals surface area contributed by atoms with Gasteiger partial charge in [-0.15, -0.1) is 0 Å². The summed E-state index contributed by atoms with van der Waals surface area (Å²) in [5, 5.41) is 3.16. The van der Waals surface area contributed by atoms with Gasteiger partial charge in [-0.1, -0.05) is 12.2 Å². The van der Waals surface area contributed by atoms with Crippen molar-refractivity contribution in [2.45, 2.75) is 19.4 Å². The third kappa shape index (κ3) is 1.46. The van der Waals surface area contributed by atoms with Crippen LogP contribution in [0.5, 0.6) is 0 Å². The molecular formula is C10H13NO2. The predicted molar refractivity (Wildman–Crippen MR) is 48.9 cm³/mol. The third-order valence-electron chi connectivity index (χ3n) is 2.41. The van der Waals surface area contributed by atoms with Gasteiger partial charge in [0.2, 0.25) is 0 Å². The van der Waals surface area contributed by atoms with Crippen LogP contribution in [0.25, 0.3) is 0 Å². The molecule has 0 aromatic carbocycles. The second kappa shape index (κ2) is 3.24. The lowest BCUT2D eigenvalue weighted by atomic mass is 10.1. The average Bonchev–Trinajstić information content (AvgIpc) is 2.61. The van der Waals surface area contributed by atoms with Gasteiger partial charge >= 0.3 is 5.97 Å². The summed E-state index contributed by atoms with van der Waals surface area (Å²) < 4.78 is 4.90. The molecule has 0 saturated heterocycles. The highest BCUT2D eigenvalue weighted by Crippen LogP contribution is 2.26. The van der Waals surface area contributed by atoms with Crippen LogP contribution in [0.4, 0.5) is 0 Å². The second-order valence-corrected chi connectivity index (χ2v) is 3.29. The Morgan fingerprint density at radius 3 is 3.31 bits per heavy atom. The normalized spacial score (nSPS) is 29.5. The topological polar surface area (TPSA) is 38.3 Å². The Morgan fingerprint density at radius 2 is 2.62 bits per heavy atom. The quantitative estimate of drug-likeness (QED) is 0.507. The van der Waals surface area contributed by atoms with Gasteiger partial charge in [0, 0.05) is 12.0 Å². The van der Waals surface area contributed by atoms with Gasteiger partial charge in [0.1, 0.15) is 5.70 Å². The molecule has 1 aliphatic heterocycles. The first-order valence-corrected chi connectivity index (χ1v) is 4.63. The minimum absolute atomic E-state index is 0.231. The molecular weight excluding hydrogens is 166 g/mol. The highest BCUT2D eigenvalue weighted by molar-refractivity contribution is 5.88. The summed E-state index contributed by atoms with van der Waals surface area (Å²) in [6.45, 7) is 2.25. The Morgan fingerprint density at radius 1 is 1.77 bits per heavy atom. The molecule has 0 saturated carbocycles. The number of esters is 1. The summed E-state index contributed by atoms with van der Waals surface area (Å²) in [6.07, 6.45) is 7.22. The van der Waals surface area contributed by atoms with Crippen LogP contribution in [0.1, 0.15) is 13.3 Å². The van der Waals surface area contributed by atoms with Crippen molar-refractivity contribution in [3.05, 3.63) is 23.9 Å². The number of carbonyl (C=O) groups is 1. The van der Waals surface area contributed by atoms with Crippen molar-refractivity contribution in [1.82, 2.24) is 5.32 Å². The van der Waals surface area contributed by atoms with Gasteiger partial charge in [-0.25, -0.2) is 4.79 Å². The number of nitrogens with one attached hydrogen (secondary N) is 1. The van der Waals surface area contributed by atoms with E-state index < -0.39 is 0 Å². The van der Waals surface area contributed by atoms with Crippen LogP contribution in [-0.4, -0.2) is 18.6 Å². The molecule has 70 valence electrons. The van der Waals surface area contributed by atoms with Gasteiger partial charge in [-0.3, -0.25) is 0 Å². The maximum Gasteiger partial charge on any atom is 0.354 e. The molecule has 1 aliphatic carbocycles. The first kappa shape index (κ1) is 8.35. The lowest BCUT2D eigenvalue weighted by Gasteiger charge is -2.10. The van der Waals surface area contributed by atoms with Gasteiger partial charge in [-0.2, -0.15) is 0 Å². The summed E-state index contributed by atoms with van der Waals surface area (Å²) in [4.78, 5) is 11.3. The van der Waals surface area contributed by atoms with E-state index in [0.717, 1.165) is 6.42 Å². The van der Waals surface area contributed by atoms with Crippen molar-refractivity contribution in [2.24, 2.45) is 5.92 Å². The average molecular weight is 179 g/mol. The number of rotatable bonds is 2. The fraction of sp³-hybridized carbons (Fsp3) is 0.500. The van der Waals surface area contributed by atoms with Crippen LogP contribution in [-0.2, 0) is 9.53 Å². The Hall–Kier alpha value is -1.25. The SMILES string of the molecule is CCOC(=O)C1=CC2C=CCC2N1. The molecule has 2 rings (SSSR count). The number of hydrogen-bond donors (Lipinski definition) is 1. The minimum atomic E-state index is -0.231. The Kier molecular flexibility index (Phi) is 2.08. The van der Waals surface area contributed by atoms with E-state index in [1.807, 2.05) is 13.0 Å². The van der Waals surface area contributed by atoms with Crippen molar-refractivity contribution >= 4 is 5.97 Å². The van der Waals surface area contributed by atoms with Gasteiger partial charge in [-0.05, 0) is 19.4 Å². The molecule has 1 N–H and O–H groups in total. The van der Waals surface area contributed by atoms with Gasteiger partial charge in [0.25, 0.3) is 0 Å². The van der Waals surface area contributed by atoms with Crippen LogP contribution < -0.4 is 5.32 Å². The molecule has 0 spiro atoms. The summed E-state index contributed by atoms with van der Waals surface area (Å²) in [7, 11) is 0. The van der Waals surface area contributed by atoms with Crippen molar-refractivity contribution in [3.8, 4) is 0 Å². The number of fused-ring (bicyclic) bond motifs is 1. The molecule has 3 heteroatoms. The first-order valence-electron chi connectivity index (χ1n) is 4.63. The highest BCUT2D eigenvalue weighted by Gasteiger charge is 2.30. The molecule has 2 unspecified atom stereocenters. The zero-order valence-corrected chi connectivity index (χ0v) is 7.62. The molecule has 2 aliphatic rings. The van der Waals surface area contributed by atoms with E-state index in [4.69, 9.17) is 4.74 Å². The van der Waals surface area contributed by atoms with Crippen LogP contribution in [0.3, 0.4) is 0 Å². The molecule has 13 heavy (non-hydrogen) atoms. The number of ether oxygens (including phenoxy) is 1. The fourth-order valence-electron chi connectivity index (χ4n) is 1.78. The molecule has 0 fully saturated rings. The summed E-state index contributed by atoms with van der Waals surface area (Å²) in [5.74, 6) is 0.157. The maximum absolute atomic E-state index is 11.3. The van der Waals surface area contributed by atoms with E-state index >= 15 is 0 Å². The van der Waals surface area contributed by atoms with Crippen LogP contribution >= 0.6 is 0 Å². The summed E-state index contributed by atoms with van der Waals surface area (Å²) in [5.41, 5.74) is 0.626. The summed E-state index contributed by atoms with van der Waals surface area (Å²) >= 11 is 0. The minimum Gasteiger partial charge on any atom is -0.461 e. The van der Waals surface area contributed by atoms with E-state index in [9.17, 15) is 4.79 Å². The van der Waals surface area contributed by atoms with E-state index in [0.29, 0.717) is 24.3 Å². The molecule has 0 amide bonds.